The van der Waals surface area contributed by atoms with Gasteiger partial charge in [0.05, 0.1) is 29.0 Å². The van der Waals surface area contributed by atoms with Gasteiger partial charge in [-0.05, 0) is 51.3 Å². The van der Waals surface area contributed by atoms with Gasteiger partial charge < -0.3 is 9.88 Å². The molecule has 0 aliphatic carbocycles. The fourth-order valence-electron chi connectivity index (χ4n) is 4.04. The molecule has 1 aromatic carbocycles. The minimum Gasteiger partial charge on any atom is -0.344 e. The van der Waals surface area contributed by atoms with Crippen LogP contribution in [-0.2, 0) is 19.4 Å². The first-order valence-corrected chi connectivity index (χ1v) is 12.2. The molecule has 1 unspecified atom stereocenters. The van der Waals surface area contributed by atoms with E-state index in [2.05, 4.69) is 27.4 Å². The summed E-state index contributed by atoms with van der Waals surface area (Å²) in [7, 11) is 0. The second kappa shape index (κ2) is 10.6. The number of benzene rings is 1. The first-order valence-electron chi connectivity index (χ1n) is 11.3. The van der Waals surface area contributed by atoms with Gasteiger partial charge in [0.25, 0.3) is 5.91 Å². The molecule has 0 aliphatic heterocycles. The summed E-state index contributed by atoms with van der Waals surface area (Å²) < 4.78 is 2.04. The minimum atomic E-state index is -0.374. The third kappa shape index (κ3) is 5.48. The standard InChI is InChI=1S/C27H28N4O2S/c1-18-15-25(32)26(27(33)29-19(2)23-17-34-20(3)30-23)24(13-12-21-9-5-4-6-10-21)31(18)16-22-11-7-8-14-28-22/h4-11,14-15,17,19H,12-13,16H2,1-3H3,(H,29,33). The molecule has 1 N–H and O–H groups in total. The van der Waals surface area contributed by atoms with Crippen molar-refractivity contribution >= 4 is 17.2 Å². The predicted molar refractivity (Wildman–Crippen MR) is 135 cm³/mol. The fraction of sp³-hybridized carbons (Fsp3) is 0.259. The van der Waals surface area contributed by atoms with Crippen LogP contribution in [-0.4, -0.2) is 20.4 Å². The average molecular weight is 473 g/mol. The summed E-state index contributed by atoms with van der Waals surface area (Å²) in [6.07, 6.45) is 3.02. The van der Waals surface area contributed by atoms with Crippen LogP contribution in [0, 0.1) is 13.8 Å². The van der Waals surface area contributed by atoms with Gasteiger partial charge in [-0.15, -0.1) is 11.3 Å². The molecule has 174 valence electrons. The SMILES string of the molecule is Cc1nc(C(C)NC(=O)c2c(CCc3ccccc3)n(Cc3ccccn3)c(C)cc2=O)cs1. The number of aryl methyl sites for hydroxylation is 3. The van der Waals surface area contributed by atoms with E-state index in [9.17, 15) is 9.59 Å². The van der Waals surface area contributed by atoms with E-state index in [1.807, 2.05) is 67.1 Å². The lowest BCUT2D eigenvalue weighted by molar-refractivity contribution is 0.0936. The van der Waals surface area contributed by atoms with Crippen LogP contribution < -0.4 is 10.7 Å². The zero-order valence-corrected chi connectivity index (χ0v) is 20.4. The largest absolute Gasteiger partial charge is 0.344 e. The van der Waals surface area contributed by atoms with Crippen LogP contribution >= 0.6 is 11.3 Å². The summed E-state index contributed by atoms with van der Waals surface area (Å²) in [5, 5.41) is 5.87. The summed E-state index contributed by atoms with van der Waals surface area (Å²) >= 11 is 1.54. The van der Waals surface area contributed by atoms with Crippen molar-refractivity contribution in [1.29, 1.82) is 0 Å². The third-order valence-corrected chi connectivity index (χ3v) is 6.61. The van der Waals surface area contributed by atoms with Crippen LogP contribution in [0.15, 0.2) is 71.0 Å². The number of nitrogens with zero attached hydrogens (tertiary/aromatic N) is 3. The van der Waals surface area contributed by atoms with Crippen molar-refractivity contribution in [2.45, 2.75) is 46.2 Å². The van der Waals surface area contributed by atoms with Crippen LogP contribution in [0.4, 0.5) is 0 Å². The van der Waals surface area contributed by atoms with E-state index >= 15 is 0 Å². The lowest BCUT2D eigenvalue weighted by atomic mass is 10.0. The number of carbonyl (C=O) groups is 1. The number of thiazole rings is 1. The molecule has 4 aromatic rings. The van der Waals surface area contributed by atoms with Gasteiger partial charge in [0.2, 0.25) is 0 Å². The number of carbonyl (C=O) groups excluding carboxylic acids is 1. The molecule has 0 aliphatic rings. The molecule has 7 heteroatoms. The Morgan fingerprint density at radius 1 is 1.09 bits per heavy atom. The van der Waals surface area contributed by atoms with Crippen molar-refractivity contribution in [3.05, 3.63) is 115 Å². The Labute approximate surface area is 203 Å². The first kappa shape index (κ1) is 23.6. The van der Waals surface area contributed by atoms with Gasteiger partial charge in [-0.2, -0.15) is 0 Å². The zero-order valence-electron chi connectivity index (χ0n) is 19.6. The first-order chi connectivity index (χ1) is 16.4. The highest BCUT2D eigenvalue weighted by Gasteiger charge is 2.23. The summed E-state index contributed by atoms with van der Waals surface area (Å²) in [6.45, 7) is 6.20. The molecule has 0 saturated heterocycles. The van der Waals surface area contributed by atoms with E-state index in [4.69, 9.17) is 0 Å². The normalized spacial score (nSPS) is 11.9. The van der Waals surface area contributed by atoms with Gasteiger partial charge in [-0.1, -0.05) is 36.4 Å². The van der Waals surface area contributed by atoms with Crippen molar-refractivity contribution in [2.24, 2.45) is 0 Å². The molecule has 0 radical (unpaired) electrons. The maximum atomic E-state index is 13.4. The molecule has 0 fully saturated rings. The number of hydrogen-bond donors (Lipinski definition) is 1. The molecule has 3 heterocycles. The minimum absolute atomic E-state index is 0.191. The molecule has 1 atom stereocenters. The Hall–Kier alpha value is -3.58. The Morgan fingerprint density at radius 3 is 2.53 bits per heavy atom. The maximum absolute atomic E-state index is 13.4. The topological polar surface area (TPSA) is 76.9 Å². The smallest absolute Gasteiger partial charge is 0.257 e. The van der Waals surface area contributed by atoms with E-state index < -0.39 is 0 Å². The molecule has 0 saturated carbocycles. The lowest BCUT2D eigenvalue weighted by Gasteiger charge is -2.21. The van der Waals surface area contributed by atoms with Gasteiger partial charge in [0.1, 0.15) is 5.56 Å². The molecule has 34 heavy (non-hydrogen) atoms. The summed E-state index contributed by atoms with van der Waals surface area (Å²) in [4.78, 5) is 35.5. The third-order valence-electron chi connectivity index (χ3n) is 5.82. The maximum Gasteiger partial charge on any atom is 0.257 e. The molecule has 3 aromatic heterocycles. The van der Waals surface area contributed by atoms with Crippen molar-refractivity contribution in [3.63, 3.8) is 0 Å². The summed E-state index contributed by atoms with van der Waals surface area (Å²) in [5.74, 6) is -0.374. The highest BCUT2D eigenvalue weighted by molar-refractivity contribution is 7.09. The van der Waals surface area contributed by atoms with Crippen molar-refractivity contribution < 1.29 is 4.79 Å². The molecule has 1 amide bonds. The quantitative estimate of drug-likeness (QED) is 0.405. The number of pyridine rings is 2. The zero-order chi connectivity index (χ0) is 24.1. The second-order valence-electron chi connectivity index (χ2n) is 8.35. The van der Waals surface area contributed by atoms with E-state index in [0.717, 1.165) is 33.3 Å². The van der Waals surface area contributed by atoms with Gasteiger partial charge in [0.15, 0.2) is 5.43 Å². The highest BCUT2D eigenvalue weighted by atomic mass is 32.1. The van der Waals surface area contributed by atoms with Crippen LogP contribution in [0.25, 0.3) is 0 Å². The number of amides is 1. The van der Waals surface area contributed by atoms with Crippen molar-refractivity contribution in [3.8, 4) is 0 Å². The molecule has 0 spiro atoms. The Balaban J connectivity index is 1.73. The Kier molecular flexibility index (Phi) is 7.33. The fourth-order valence-corrected chi connectivity index (χ4v) is 4.74. The number of aromatic nitrogens is 3. The summed E-state index contributed by atoms with van der Waals surface area (Å²) in [5.41, 5.74) is 4.26. The van der Waals surface area contributed by atoms with Crippen LogP contribution in [0.2, 0.25) is 0 Å². The Morgan fingerprint density at radius 2 is 1.85 bits per heavy atom. The Bertz CT molecular complexity index is 1330. The number of hydrogen-bond acceptors (Lipinski definition) is 5. The monoisotopic (exact) mass is 472 g/mol. The number of rotatable bonds is 8. The van der Waals surface area contributed by atoms with E-state index in [1.54, 1.807) is 12.3 Å². The molecule has 4 rings (SSSR count). The molecule has 6 nitrogen and oxygen atoms in total. The van der Waals surface area contributed by atoms with Crippen molar-refractivity contribution in [2.75, 3.05) is 0 Å². The van der Waals surface area contributed by atoms with Crippen LogP contribution in [0.3, 0.4) is 0 Å². The molecule has 0 bridgehead atoms. The number of nitrogens with one attached hydrogen (secondary N) is 1. The van der Waals surface area contributed by atoms with Crippen molar-refractivity contribution in [1.82, 2.24) is 19.9 Å². The average Bonchev–Trinajstić information content (AvgIpc) is 3.27. The van der Waals surface area contributed by atoms with Gasteiger partial charge in [-0.3, -0.25) is 14.6 Å². The highest BCUT2D eigenvalue weighted by Crippen LogP contribution is 2.19. The van der Waals surface area contributed by atoms with E-state index in [0.29, 0.717) is 19.4 Å². The van der Waals surface area contributed by atoms with Gasteiger partial charge in [0, 0.05) is 29.0 Å². The lowest BCUT2D eigenvalue weighted by Crippen LogP contribution is -2.34. The van der Waals surface area contributed by atoms with Gasteiger partial charge >= 0.3 is 0 Å². The predicted octanol–water partition coefficient (Wildman–Crippen LogP) is 4.64. The summed E-state index contributed by atoms with van der Waals surface area (Å²) in [6, 6.07) is 17.1. The molecular weight excluding hydrogens is 444 g/mol. The van der Waals surface area contributed by atoms with Crippen LogP contribution in [0.5, 0.6) is 0 Å². The van der Waals surface area contributed by atoms with E-state index in [1.165, 1.54) is 11.3 Å². The van der Waals surface area contributed by atoms with Crippen LogP contribution in [0.1, 0.15) is 56.7 Å². The second-order valence-corrected chi connectivity index (χ2v) is 9.41. The van der Waals surface area contributed by atoms with Gasteiger partial charge in [-0.25, -0.2) is 4.98 Å². The van der Waals surface area contributed by atoms with E-state index in [-0.39, 0.29) is 22.9 Å². The molecular formula is C27H28N4O2S.